The van der Waals surface area contributed by atoms with E-state index in [1.165, 1.54) is 23.3 Å². The number of benzene rings is 2. The van der Waals surface area contributed by atoms with Gasteiger partial charge in [0.2, 0.25) is 21.9 Å². The van der Waals surface area contributed by atoms with E-state index in [0.717, 1.165) is 24.9 Å². The zero-order valence-electron chi connectivity index (χ0n) is 22.7. The summed E-state index contributed by atoms with van der Waals surface area (Å²) in [6, 6.07) is 10.4. The van der Waals surface area contributed by atoms with E-state index >= 15 is 0 Å². The Morgan fingerprint density at radius 1 is 1.10 bits per heavy atom. The molecule has 0 unspecified atom stereocenters. The molecule has 11 nitrogen and oxygen atoms in total. The SMILES string of the molecule is COc1cc2c(cc1Nc1ncc(Cl)c(Nc3ccccc3S(=O)(=O)N3CCCC3)n1)NC(=O)CN(CC1CC1)C2. The van der Waals surface area contributed by atoms with Gasteiger partial charge >= 0.3 is 0 Å². The molecule has 2 aromatic carbocycles. The van der Waals surface area contributed by atoms with Gasteiger partial charge in [0.15, 0.2) is 5.82 Å². The maximum atomic E-state index is 13.3. The minimum Gasteiger partial charge on any atom is -0.495 e. The van der Waals surface area contributed by atoms with Crippen molar-refractivity contribution < 1.29 is 17.9 Å². The van der Waals surface area contributed by atoms with Crippen molar-refractivity contribution >= 4 is 56.4 Å². The fourth-order valence-corrected chi connectivity index (χ4v) is 7.05. The maximum Gasteiger partial charge on any atom is 0.245 e. The number of anilines is 5. The molecule has 1 saturated carbocycles. The molecule has 3 aliphatic rings. The Bertz CT molecular complexity index is 1580. The number of fused-ring (bicyclic) bond motifs is 1. The Kier molecular flexibility index (Phi) is 7.73. The van der Waals surface area contributed by atoms with E-state index in [1.54, 1.807) is 31.4 Å². The molecule has 6 rings (SSSR count). The van der Waals surface area contributed by atoms with Crippen molar-refractivity contribution in [3.05, 3.63) is 53.2 Å². The molecule has 3 N–H and O–H groups in total. The number of para-hydroxylation sites is 1. The molecule has 1 saturated heterocycles. The normalized spacial score (nSPS) is 18.0. The van der Waals surface area contributed by atoms with E-state index in [2.05, 4.69) is 30.8 Å². The van der Waals surface area contributed by atoms with Crippen molar-refractivity contribution in [3.63, 3.8) is 0 Å². The number of methoxy groups -OCH3 is 1. The zero-order chi connectivity index (χ0) is 28.6. The van der Waals surface area contributed by atoms with Crippen molar-refractivity contribution in [1.29, 1.82) is 0 Å². The van der Waals surface area contributed by atoms with Gasteiger partial charge in [-0.1, -0.05) is 23.7 Å². The Balaban J connectivity index is 1.26. The third-order valence-electron chi connectivity index (χ3n) is 7.49. The van der Waals surface area contributed by atoms with Crippen LogP contribution in [0.5, 0.6) is 5.75 Å². The summed E-state index contributed by atoms with van der Waals surface area (Å²) in [6.07, 6.45) is 5.56. The van der Waals surface area contributed by atoms with E-state index in [-0.39, 0.29) is 27.6 Å². The van der Waals surface area contributed by atoms with E-state index < -0.39 is 10.0 Å². The van der Waals surface area contributed by atoms with Crippen molar-refractivity contribution in [2.24, 2.45) is 5.92 Å². The molecule has 0 bridgehead atoms. The summed E-state index contributed by atoms with van der Waals surface area (Å²) in [7, 11) is -2.10. The lowest BCUT2D eigenvalue weighted by molar-refractivity contribution is -0.117. The van der Waals surface area contributed by atoms with Gasteiger partial charge in [0.1, 0.15) is 15.7 Å². The Labute approximate surface area is 244 Å². The number of hydrogen-bond donors (Lipinski definition) is 3. The zero-order valence-corrected chi connectivity index (χ0v) is 24.3. The summed E-state index contributed by atoms with van der Waals surface area (Å²) < 4.78 is 33.8. The standard InChI is InChI=1S/C28H32ClN7O4S/c1-40-24-12-19-16-35(15-18-8-9-18)17-26(37)31-22(19)13-23(24)33-28-30-14-20(29)27(34-28)32-21-6-2-3-7-25(21)41(38,39)36-10-4-5-11-36/h2-3,6-7,12-14,18H,4-5,8-11,15-17H2,1H3,(H,31,37)(H2,30,32,33,34). The van der Waals surface area contributed by atoms with E-state index in [0.29, 0.717) is 54.9 Å². The molecule has 0 radical (unpaired) electrons. The smallest absolute Gasteiger partial charge is 0.245 e. The summed E-state index contributed by atoms with van der Waals surface area (Å²) >= 11 is 6.43. The topological polar surface area (TPSA) is 129 Å². The molecular formula is C28H32ClN7O4S. The second-order valence-electron chi connectivity index (χ2n) is 10.6. The predicted molar refractivity (Wildman–Crippen MR) is 158 cm³/mol. The second-order valence-corrected chi connectivity index (χ2v) is 12.9. The summed E-state index contributed by atoms with van der Waals surface area (Å²) in [5.41, 5.74) is 2.60. The van der Waals surface area contributed by atoms with Crippen LogP contribution >= 0.6 is 11.6 Å². The number of carbonyl (C=O) groups excluding carboxylic acids is 1. The van der Waals surface area contributed by atoms with Crippen LogP contribution in [0.3, 0.4) is 0 Å². The Morgan fingerprint density at radius 3 is 2.63 bits per heavy atom. The van der Waals surface area contributed by atoms with Gasteiger partial charge in [-0.25, -0.2) is 13.4 Å². The average Bonchev–Trinajstić information content (AvgIpc) is 3.61. The third kappa shape index (κ3) is 6.10. The fraction of sp³-hybridized carbons (Fsp3) is 0.393. The van der Waals surface area contributed by atoms with Crippen molar-refractivity contribution in [1.82, 2.24) is 19.2 Å². The van der Waals surface area contributed by atoms with Gasteiger partial charge in [-0.15, -0.1) is 0 Å². The summed E-state index contributed by atoms with van der Waals surface area (Å²) in [4.78, 5) is 23.8. The van der Waals surface area contributed by atoms with E-state index in [1.807, 2.05) is 12.1 Å². The molecule has 3 aromatic rings. The first-order chi connectivity index (χ1) is 19.8. The van der Waals surface area contributed by atoms with Gasteiger partial charge in [0.25, 0.3) is 0 Å². The lowest BCUT2D eigenvalue weighted by atomic mass is 10.1. The third-order valence-corrected chi connectivity index (χ3v) is 9.72. The molecule has 41 heavy (non-hydrogen) atoms. The predicted octanol–water partition coefficient (Wildman–Crippen LogP) is 4.57. The van der Waals surface area contributed by atoms with Gasteiger partial charge in [-0.3, -0.25) is 9.69 Å². The van der Waals surface area contributed by atoms with Gasteiger partial charge in [0, 0.05) is 31.9 Å². The van der Waals surface area contributed by atoms with Crippen LogP contribution in [0, 0.1) is 5.92 Å². The van der Waals surface area contributed by atoms with Crippen LogP contribution in [-0.2, 0) is 21.4 Å². The van der Waals surface area contributed by atoms with Crippen LogP contribution in [-0.4, -0.2) is 66.8 Å². The quantitative estimate of drug-likeness (QED) is 0.325. The highest BCUT2D eigenvalue weighted by atomic mass is 35.5. The number of rotatable bonds is 9. The van der Waals surface area contributed by atoms with Crippen LogP contribution in [0.2, 0.25) is 5.02 Å². The number of sulfonamides is 1. The first kappa shape index (κ1) is 27.7. The molecule has 2 aliphatic heterocycles. The number of hydrogen-bond acceptors (Lipinski definition) is 9. The molecule has 216 valence electrons. The van der Waals surface area contributed by atoms with Crippen molar-refractivity contribution in [2.75, 3.05) is 49.2 Å². The van der Waals surface area contributed by atoms with Crippen LogP contribution in [0.1, 0.15) is 31.2 Å². The Morgan fingerprint density at radius 2 is 1.88 bits per heavy atom. The van der Waals surface area contributed by atoms with Crippen LogP contribution in [0.25, 0.3) is 0 Å². The first-order valence-corrected chi connectivity index (χ1v) is 15.5. The fourth-order valence-electron chi connectivity index (χ4n) is 5.25. The van der Waals surface area contributed by atoms with Crippen LogP contribution in [0.15, 0.2) is 47.5 Å². The monoisotopic (exact) mass is 597 g/mol. The second kappa shape index (κ2) is 11.4. The highest BCUT2D eigenvalue weighted by molar-refractivity contribution is 7.89. The van der Waals surface area contributed by atoms with E-state index in [9.17, 15) is 13.2 Å². The molecule has 2 fully saturated rings. The number of nitrogens with one attached hydrogen (secondary N) is 3. The van der Waals surface area contributed by atoms with Gasteiger partial charge in [0.05, 0.1) is 31.2 Å². The summed E-state index contributed by atoms with van der Waals surface area (Å²) in [6.45, 7) is 2.90. The summed E-state index contributed by atoms with van der Waals surface area (Å²) in [5, 5.41) is 9.49. The molecule has 0 spiro atoms. The molecule has 1 aliphatic carbocycles. The number of ether oxygens (including phenoxy) is 1. The Hall–Kier alpha value is -3.45. The first-order valence-electron chi connectivity index (χ1n) is 13.7. The minimum atomic E-state index is -3.68. The van der Waals surface area contributed by atoms with E-state index in [4.69, 9.17) is 16.3 Å². The summed E-state index contributed by atoms with van der Waals surface area (Å²) in [5.74, 6) is 1.64. The minimum absolute atomic E-state index is 0.0581. The largest absolute Gasteiger partial charge is 0.495 e. The van der Waals surface area contributed by atoms with Crippen molar-refractivity contribution in [2.45, 2.75) is 37.1 Å². The van der Waals surface area contributed by atoms with Crippen LogP contribution < -0.4 is 20.7 Å². The number of aromatic nitrogens is 2. The number of amides is 1. The lowest BCUT2D eigenvalue weighted by Crippen LogP contribution is -2.31. The van der Waals surface area contributed by atoms with Gasteiger partial charge in [-0.05, 0) is 61.4 Å². The molecule has 13 heteroatoms. The van der Waals surface area contributed by atoms with Gasteiger partial charge < -0.3 is 20.7 Å². The molecular weight excluding hydrogens is 566 g/mol. The molecule has 0 atom stereocenters. The van der Waals surface area contributed by atoms with Crippen LogP contribution in [0.4, 0.5) is 28.8 Å². The highest BCUT2D eigenvalue weighted by Gasteiger charge is 2.30. The van der Waals surface area contributed by atoms with Gasteiger partial charge in [-0.2, -0.15) is 9.29 Å². The molecule has 1 aromatic heterocycles. The molecule has 3 heterocycles. The van der Waals surface area contributed by atoms with Crippen molar-refractivity contribution in [3.8, 4) is 5.75 Å². The lowest BCUT2D eigenvalue weighted by Gasteiger charge is -2.20. The number of halogens is 1. The number of nitrogens with zero attached hydrogens (tertiary/aromatic N) is 4. The highest BCUT2D eigenvalue weighted by Crippen LogP contribution is 2.37. The molecule has 1 amide bonds. The maximum absolute atomic E-state index is 13.3. The average molecular weight is 598 g/mol. The number of carbonyl (C=O) groups is 1.